The summed E-state index contributed by atoms with van der Waals surface area (Å²) >= 11 is 3.52. The number of ketones is 1. The van der Waals surface area contributed by atoms with Crippen LogP contribution in [0.3, 0.4) is 0 Å². The van der Waals surface area contributed by atoms with Crippen LogP contribution in [-0.4, -0.2) is 20.0 Å². The zero-order chi connectivity index (χ0) is 22.9. The summed E-state index contributed by atoms with van der Waals surface area (Å²) in [6.07, 6.45) is 1.18. The highest BCUT2D eigenvalue weighted by molar-refractivity contribution is 9.10. The van der Waals surface area contributed by atoms with E-state index in [0.29, 0.717) is 17.9 Å². The van der Waals surface area contributed by atoms with Crippen LogP contribution in [0.5, 0.6) is 11.5 Å². The molecule has 6 heteroatoms. The summed E-state index contributed by atoms with van der Waals surface area (Å²) in [4.78, 5) is 13.6. The number of para-hydroxylation sites is 2. The number of halogens is 1. The number of methoxy groups -OCH3 is 2. The van der Waals surface area contributed by atoms with E-state index < -0.39 is 0 Å². The van der Waals surface area contributed by atoms with Crippen LogP contribution in [0.2, 0.25) is 0 Å². The number of Topliss-reactive ketones (excluding diaryl/α,β-unsaturated/α-hetero) is 1. The molecule has 0 aromatic heterocycles. The molecular formula is C27H25BrN2O3. The van der Waals surface area contributed by atoms with Crippen LogP contribution in [0.4, 0.5) is 11.4 Å². The molecule has 0 fully saturated rings. The standard InChI is InChI=1S/C27H25BrN2O3/c1-32-24-12-9-17(15-25(24)33-2)18-13-22-26(23(31)14-18)27(16-7-10-19(28)11-8-16)30-21-6-4-3-5-20(21)29-22/h3-12,15,18,27,29-30H,13-14H2,1-2H3/t18-,27+/m0/s1. The summed E-state index contributed by atoms with van der Waals surface area (Å²) in [7, 11) is 3.26. The predicted octanol–water partition coefficient (Wildman–Crippen LogP) is 6.45. The van der Waals surface area contributed by atoms with Gasteiger partial charge in [0.25, 0.3) is 0 Å². The second-order valence-electron chi connectivity index (χ2n) is 8.33. The summed E-state index contributed by atoms with van der Waals surface area (Å²) in [6.45, 7) is 0. The molecule has 0 saturated carbocycles. The first-order valence-electron chi connectivity index (χ1n) is 10.9. The van der Waals surface area contributed by atoms with Gasteiger partial charge in [0.2, 0.25) is 0 Å². The van der Waals surface area contributed by atoms with Crippen LogP contribution in [0.25, 0.3) is 0 Å². The Morgan fingerprint density at radius 2 is 1.55 bits per heavy atom. The van der Waals surface area contributed by atoms with Crippen molar-refractivity contribution in [1.29, 1.82) is 0 Å². The van der Waals surface area contributed by atoms with Gasteiger partial charge in [-0.25, -0.2) is 0 Å². The van der Waals surface area contributed by atoms with Gasteiger partial charge in [-0.15, -0.1) is 0 Å². The lowest BCUT2D eigenvalue weighted by atomic mass is 9.78. The van der Waals surface area contributed by atoms with Crippen molar-refractivity contribution >= 4 is 33.1 Å². The number of hydrogen-bond acceptors (Lipinski definition) is 5. The number of carbonyl (C=O) groups excluding carboxylic acids is 1. The van der Waals surface area contributed by atoms with Crippen LogP contribution >= 0.6 is 15.9 Å². The number of nitrogens with one attached hydrogen (secondary N) is 2. The van der Waals surface area contributed by atoms with E-state index in [2.05, 4.69) is 38.7 Å². The van der Waals surface area contributed by atoms with Crippen LogP contribution < -0.4 is 20.1 Å². The fraction of sp³-hybridized carbons (Fsp3) is 0.222. The van der Waals surface area contributed by atoms with E-state index in [9.17, 15) is 4.79 Å². The fourth-order valence-electron chi connectivity index (χ4n) is 4.74. The number of anilines is 2. The second-order valence-corrected chi connectivity index (χ2v) is 9.25. The smallest absolute Gasteiger partial charge is 0.163 e. The van der Waals surface area contributed by atoms with Crippen molar-refractivity contribution in [2.24, 2.45) is 0 Å². The van der Waals surface area contributed by atoms with Crippen molar-refractivity contribution in [3.63, 3.8) is 0 Å². The number of allylic oxidation sites excluding steroid dienone is 1. The highest BCUT2D eigenvalue weighted by Gasteiger charge is 2.36. The molecule has 2 aliphatic rings. The maximum absolute atomic E-state index is 13.6. The molecule has 33 heavy (non-hydrogen) atoms. The molecular weight excluding hydrogens is 480 g/mol. The lowest BCUT2D eigenvalue weighted by Gasteiger charge is -2.30. The Hall–Kier alpha value is -3.25. The normalized spacial score (nSPS) is 19.5. The van der Waals surface area contributed by atoms with Crippen LogP contribution in [0.1, 0.15) is 35.9 Å². The third kappa shape index (κ3) is 4.11. The summed E-state index contributed by atoms with van der Waals surface area (Å²) in [5.74, 6) is 1.57. The van der Waals surface area contributed by atoms with E-state index in [1.54, 1.807) is 14.2 Å². The molecule has 5 nitrogen and oxygen atoms in total. The lowest BCUT2D eigenvalue weighted by molar-refractivity contribution is -0.116. The number of benzene rings is 3. The van der Waals surface area contributed by atoms with Crippen molar-refractivity contribution in [3.05, 3.63) is 93.6 Å². The monoisotopic (exact) mass is 504 g/mol. The minimum atomic E-state index is -0.219. The van der Waals surface area contributed by atoms with Gasteiger partial charge in [0.05, 0.1) is 31.6 Å². The van der Waals surface area contributed by atoms with Crippen molar-refractivity contribution in [2.75, 3.05) is 24.9 Å². The van der Waals surface area contributed by atoms with Gasteiger partial charge in [-0.3, -0.25) is 4.79 Å². The Morgan fingerprint density at radius 1 is 0.848 bits per heavy atom. The molecule has 2 atom stereocenters. The number of ether oxygens (including phenoxy) is 2. The van der Waals surface area contributed by atoms with E-state index in [1.807, 2.05) is 54.6 Å². The molecule has 1 aliphatic heterocycles. The Bertz CT molecular complexity index is 1240. The average Bonchev–Trinajstić information content (AvgIpc) is 3.01. The zero-order valence-corrected chi connectivity index (χ0v) is 20.1. The largest absolute Gasteiger partial charge is 0.493 e. The Morgan fingerprint density at radius 3 is 2.27 bits per heavy atom. The van der Waals surface area contributed by atoms with Gasteiger partial charge in [0, 0.05) is 22.2 Å². The topological polar surface area (TPSA) is 59.6 Å². The summed E-state index contributed by atoms with van der Waals surface area (Å²) < 4.78 is 11.9. The van der Waals surface area contributed by atoms with Gasteiger partial charge in [0.1, 0.15) is 0 Å². The maximum atomic E-state index is 13.6. The van der Waals surface area contributed by atoms with E-state index in [4.69, 9.17) is 9.47 Å². The Balaban J connectivity index is 1.57. The van der Waals surface area contributed by atoms with Crippen molar-refractivity contribution in [3.8, 4) is 11.5 Å². The van der Waals surface area contributed by atoms with E-state index in [-0.39, 0.29) is 17.7 Å². The van der Waals surface area contributed by atoms with Crippen molar-refractivity contribution in [1.82, 2.24) is 0 Å². The van der Waals surface area contributed by atoms with E-state index in [0.717, 1.165) is 44.7 Å². The number of carbonyl (C=O) groups is 1. The highest BCUT2D eigenvalue weighted by atomic mass is 79.9. The minimum absolute atomic E-state index is 0.0550. The van der Waals surface area contributed by atoms with Crippen molar-refractivity contribution < 1.29 is 14.3 Å². The van der Waals surface area contributed by atoms with Gasteiger partial charge in [-0.2, -0.15) is 0 Å². The fourth-order valence-corrected chi connectivity index (χ4v) is 5.00. The number of fused-ring (bicyclic) bond motifs is 1. The summed E-state index contributed by atoms with van der Waals surface area (Å²) in [5, 5.41) is 7.20. The van der Waals surface area contributed by atoms with Gasteiger partial charge in [0.15, 0.2) is 17.3 Å². The first-order valence-corrected chi connectivity index (χ1v) is 11.7. The lowest BCUT2D eigenvalue weighted by Crippen LogP contribution is -2.26. The van der Waals surface area contributed by atoms with Gasteiger partial charge in [-0.1, -0.05) is 46.3 Å². The van der Waals surface area contributed by atoms with Gasteiger partial charge in [-0.05, 0) is 59.9 Å². The molecule has 0 bridgehead atoms. The third-order valence-electron chi connectivity index (χ3n) is 6.39. The molecule has 168 valence electrons. The van der Waals surface area contributed by atoms with E-state index in [1.165, 1.54) is 0 Å². The molecule has 2 N–H and O–H groups in total. The molecule has 1 aliphatic carbocycles. The minimum Gasteiger partial charge on any atom is -0.493 e. The van der Waals surface area contributed by atoms with Crippen LogP contribution in [0, 0.1) is 0 Å². The van der Waals surface area contributed by atoms with Crippen molar-refractivity contribution in [2.45, 2.75) is 24.8 Å². The SMILES string of the molecule is COc1ccc([C@@H]2CC(=O)C3=C(C2)Nc2ccccc2N[C@@H]3c2ccc(Br)cc2)cc1OC. The molecule has 0 unspecified atom stereocenters. The number of rotatable bonds is 4. The molecule has 0 spiro atoms. The summed E-state index contributed by atoms with van der Waals surface area (Å²) in [6, 6.07) is 22.0. The van der Waals surface area contributed by atoms with Gasteiger partial charge < -0.3 is 20.1 Å². The van der Waals surface area contributed by atoms with Crippen LogP contribution in [0.15, 0.2) is 82.5 Å². The zero-order valence-electron chi connectivity index (χ0n) is 18.5. The van der Waals surface area contributed by atoms with E-state index >= 15 is 0 Å². The molecule has 3 aromatic rings. The summed E-state index contributed by atoms with van der Waals surface area (Å²) in [5.41, 5.74) is 5.87. The third-order valence-corrected chi connectivity index (χ3v) is 6.92. The molecule has 1 heterocycles. The second kappa shape index (κ2) is 8.94. The van der Waals surface area contributed by atoms with Gasteiger partial charge >= 0.3 is 0 Å². The van der Waals surface area contributed by atoms with Crippen LogP contribution in [-0.2, 0) is 4.79 Å². The molecule has 0 amide bonds. The Labute approximate surface area is 201 Å². The Kier molecular flexibility index (Phi) is 5.85. The molecule has 0 saturated heterocycles. The first kappa shape index (κ1) is 21.6. The first-order chi connectivity index (χ1) is 16.1. The molecule has 3 aromatic carbocycles. The molecule has 0 radical (unpaired) electrons. The quantitative estimate of drug-likeness (QED) is 0.427. The molecule has 5 rings (SSSR count). The average molecular weight is 505 g/mol. The number of hydrogen-bond donors (Lipinski definition) is 2. The predicted molar refractivity (Wildman–Crippen MR) is 134 cm³/mol. The highest BCUT2D eigenvalue weighted by Crippen LogP contribution is 2.45. The maximum Gasteiger partial charge on any atom is 0.163 e.